The standard InChI is InChI=1S/C24H23IN4O/c1-29-14-23-12-19(30-25)7-8-22(23)11-18-6-5-17(16-4-2-3-15(9-16)13-26)10-20(18)24(22,23)28-21(29)27/h2-6,9-10,19H,7-8,11-12,14H2,1H3,(H2,27,28). The van der Waals surface area contributed by atoms with Crippen molar-refractivity contribution in [1.82, 2.24) is 4.90 Å². The van der Waals surface area contributed by atoms with Gasteiger partial charge in [0.1, 0.15) is 28.5 Å². The summed E-state index contributed by atoms with van der Waals surface area (Å²) in [5, 5.41) is 9.31. The maximum Gasteiger partial charge on any atom is 0.191 e. The van der Waals surface area contributed by atoms with Gasteiger partial charge in [-0.15, -0.1) is 0 Å². The summed E-state index contributed by atoms with van der Waals surface area (Å²) in [4.78, 5) is 7.37. The molecule has 0 bridgehead atoms. The Hall–Kier alpha value is -2.11. The molecule has 4 aliphatic rings. The Morgan fingerprint density at radius 1 is 1.23 bits per heavy atom. The van der Waals surface area contributed by atoms with Gasteiger partial charge >= 0.3 is 0 Å². The number of hydrogen-bond acceptors (Lipinski definition) is 5. The third-order valence-corrected chi connectivity index (χ3v) is 9.05. The average Bonchev–Trinajstić information content (AvgIpc) is 3.14. The molecule has 2 fully saturated rings. The Bertz CT molecular complexity index is 1160. The number of aliphatic imine (C=N–C) groups is 1. The van der Waals surface area contributed by atoms with Crippen molar-refractivity contribution in [2.24, 2.45) is 21.6 Å². The van der Waals surface area contributed by atoms with Crippen LogP contribution in [0.3, 0.4) is 0 Å². The third kappa shape index (κ3) is 1.98. The normalized spacial score (nSPS) is 35.4. The van der Waals surface area contributed by atoms with Crippen LogP contribution < -0.4 is 5.73 Å². The van der Waals surface area contributed by atoms with Crippen LogP contribution in [0, 0.1) is 22.2 Å². The van der Waals surface area contributed by atoms with Crippen LogP contribution in [0.1, 0.15) is 36.0 Å². The Kier molecular flexibility index (Phi) is 3.72. The second kappa shape index (κ2) is 5.98. The fourth-order valence-electron chi connectivity index (χ4n) is 7.15. The zero-order chi connectivity index (χ0) is 20.7. The van der Waals surface area contributed by atoms with Gasteiger partial charge in [0.15, 0.2) is 5.96 Å². The van der Waals surface area contributed by atoms with Crippen molar-refractivity contribution >= 4 is 29.0 Å². The van der Waals surface area contributed by atoms with E-state index in [1.54, 1.807) is 0 Å². The molecule has 0 radical (unpaired) electrons. The van der Waals surface area contributed by atoms with Gasteiger partial charge in [-0.25, -0.2) is 4.99 Å². The predicted molar refractivity (Wildman–Crippen MR) is 124 cm³/mol. The number of rotatable bonds is 2. The molecule has 0 amide bonds. The molecule has 30 heavy (non-hydrogen) atoms. The molecule has 2 saturated carbocycles. The lowest BCUT2D eigenvalue weighted by Gasteiger charge is -2.39. The van der Waals surface area contributed by atoms with Crippen molar-refractivity contribution < 1.29 is 3.07 Å². The zero-order valence-corrected chi connectivity index (χ0v) is 19.0. The number of halogens is 1. The molecule has 0 saturated heterocycles. The van der Waals surface area contributed by atoms with Gasteiger partial charge in [-0.1, -0.05) is 24.3 Å². The Morgan fingerprint density at radius 2 is 2.07 bits per heavy atom. The fraction of sp³-hybridized carbons (Fsp3) is 0.417. The maximum absolute atomic E-state index is 9.31. The van der Waals surface area contributed by atoms with Gasteiger partial charge < -0.3 is 13.7 Å². The van der Waals surface area contributed by atoms with Crippen LogP contribution in [-0.4, -0.2) is 30.6 Å². The van der Waals surface area contributed by atoms with Crippen molar-refractivity contribution in [3.8, 4) is 17.2 Å². The van der Waals surface area contributed by atoms with Crippen molar-refractivity contribution in [2.45, 2.75) is 37.3 Å². The van der Waals surface area contributed by atoms with Gasteiger partial charge in [-0.2, -0.15) is 5.26 Å². The number of benzene rings is 2. The molecular weight excluding hydrogens is 487 g/mol. The molecular formula is C24H23IN4O. The van der Waals surface area contributed by atoms with Crippen LogP contribution in [0.4, 0.5) is 0 Å². The average molecular weight is 510 g/mol. The summed E-state index contributed by atoms with van der Waals surface area (Å²) in [5.74, 6) is 0.645. The Balaban J connectivity index is 1.53. The van der Waals surface area contributed by atoms with Gasteiger partial charge in [-0.05, 0) is 66.1 Å². The first kappa shape index (κ1) is 18.6. The van der Waals surface area contributed by atoms with Crippen LogP contribution in [-0.2, 0) is 15.0 Å². The van der Waals surface area contributed by atoms with E-state index in [1.807, 2.05) is 18.2 Å². The molecule has 2 N–H and O–H groups in total. The molecule has 6 heteroatoms. The lowest BCUT2D eigenvalue weighted by atomic mass is 9.74. The van der Waals surface area contributed by atoms with Crippen LogP contribution in [0.2, 0.25) is 0 Å². The quantitative estimate of drug-likeness (QED) is 0.617. The monoisotopic (exact) mass is 510 g/mol. The lowest BCUT2D eigenvalue weighted by Crippen LogP contribution is -2.47. The van der Waals surface area contributed by atoms with E-state index in [4.69, 9.17) is 13.8 Å². The molecule has 3 spiro atoms. The van der Waals surface area contributed by atoms with Crippen molar-refractivity contribution in [3.63, 3.8) is 0 Å². The van der Waals surface area contributed by atoms with Crippen LogP contribution >= 0.6 is 23.0 Å². The molecule has 1 heterocycles. The first-order valence-electron chi connectivity index (χ1n) is 10.5. The summed E-state index contributed by atoms with van der Waals surface area (Å²) in [5.41, 5.74) is 12.1. The number of fused-ring (bicyclic) bond motifs is 1. The molecule has 2 aromatic rings. The molecule has 4 atom stereocenters. The number of hydrogen-bond donors (Lipinski definition) is 1. The van der Waals surface area contributed by atoms with E-state index in [-0.39, 0.29) is 22.5 Å². The van der Waals surface area contributed by atoms with Gasteiger partial charge in [0.2, 0.25) is 0 Å². The minimum atomic E-state index is -0.237. The third-order valence-electron chi connectivity index (χ3n) is 8.33. The summed E-state index contributed by atoms with van der Waals surface area (Å²) < 4.78 is 5.80. The van der Waals surface area contributed by atoms with E-state index < -0.39 is 0 Å². The van der Waals surface area contributed by atoms with E-state index in [2.05, 4.69) is 65.3 Å². The first-order valence-corrected chi connectivity index (χ1v) is 11.4. The van der Waals surface area contributed by atoms with Crippen LogP contribution in [0.15, 0.2) is 47.5 Å². The van der Waals surface area contributed by atoms with Crippen LogP contribution in [0.25, 0.3) is 11.1 Å². The second-order valence-corrected chi connectivity index (χ2v) is 9.90. The van der Waals surface area contributed by atoms with Gasteiger partial charge in [0.05, 0.1) is 17.7 Å². The van der Waals surface area contributed by atoms with E-state index in [0.717, 1.165) is 43.4 Å². The molecule has 3 aliphatic carbocycles. The summed E-state index contributed by atoms with van der Waals surface area (Å²) >= 11 is 2.06. The number of nitrogens with zero attached hydrogens (tertiary/aromatic N) is 3. The summed E-state index contributed by atoms with van der Waals surface area (Å²) in [7, 11) is 2.06. The van der Waals surface area contributed by atoms with Gasteiger partial charge in [0.25, 0.3) is 0 Å². The first-order chi connectivity index (χ1) is 14.5. The largest absolute Gasteiger partial charge is 0.370 e. The number of nitrogens with two attached hydrogens (primary N) is 1. The number of guanidine groups is 1. The van der Waals surface area contributed by atoms with Crippen molar-refractivity contribution in [2.75, 3.05) is 13.6 Å². The number of nitriles is 1. The van der Waals surface area contributed by atoms with E-state index in [0.29, 0.717) is 11.5 Å². The minimum Gasteiger partial charge on any atom is -0.370 e. The smallest absolute Gasteiger partial charge is 0.191 e. The summed E-state index contributed by atoms with van der Waals surface area (Å²) in [6, 6.07) is 16.9. The van der Waals surface area contributed by atoms with Gasteiger partial charge in [-0.3, -0.25) is 0 Å². The van der Waals surface area contributed by atoms with Gasteiger partial charge in [0, 0.05) is 24.4 Å². The summed E-state index contributed by atoms with van der Waals surface area (Å²) in [6.07, 6.45) is 4.58. The van der Waals surface area contributed by atoms with Crippen molar-refractivity contribution in [3.05, 3.63) is 59.2 Å². The molecule has 0 aromatic heterocycles. The highest BCUT2D eigenvalue weighted by Crippen LogP contribution is 2.89. The van der Waals surface area contributed by atoms with E-state index in [1.165, 1.54) is 11.1 Å². The van der Waals surface area contributed by atoms with Crippen molar-refractivity contribution in [1.29, 1.82) is 5.26 Å². The molecule has 2 aromatic carbocycles. The molecule has 152 valence electrons. The Labute approximate surface area is 190 Å². The molecule has 5 nitrogen and oxygen atoms in total. The lowest BCUT2D eigenvalue weighted by molar-refractivity contribution is 0.103. The van der Waals surface area contributed by atoms with E-state index >= 15 is 0 Å². The second-order valence-electron chi connectivity index (χ2n) is 9.40. The molecule has 6 rings (SSSR count). The molecule has 1 aliphatic heterocycles. The molecule has 4 unspecified atom stereocenters. The topological polar surface area (TPSA) is 74.6 Å². The minimum absolute atomic E-state index is 0.0891. The van der Waals surface area contributed by atoms with E-state index in [9.17, 15) is 5.26 Å². The Morgan fingerprint density at radius 3 is 2.87 bits per heavy atom. The van der Waals surface area contributed by atoms with Crippen LogP contribution in [0.5, 0.6) is 0 Å². The highest BCUT2D eigenvalue weighted by Gasteiger charge is 2.91. The fourth-order valence-corrected chi connectivity index (χ4v) is 7.58. The summed E-state index contributed by atoms with van der Waals surface area (Å²) in [6.45, 7) is 0.937. The predicted octanol–water partition coefficient (Wildman–Crippen LogP) is 4.14. The zero-order valence-electron chi connectivity index (χ0n) is 16.9. The highest BCUT2D eigenvalue weighted by molar-refractivity contribution is 14.1. The maximum atomic E-state index is 9.31. The SMILES string of the molecule is CN1CC23CC(OI)CCC24Cc2ccc(-c5cccc(C#N)c5)cc2C43N=C1N. The highest BCUT2D eigenvalue weighted by atomic mass is 127.